The van der Waals surface area contributed by atoms with Gasteiger partial charge in [0.2, 0.25) is 0 Å². The first-order valence-corrected chi connectivity index (χ1v) is 9.48. The van der Waals surface area contributed by atoms with Gasteiger partial charge in [0.15, 0.2) is 0 Å². The monoisotopic (exact) mass is 325 g/mol. The van der Waals surface area contributed by atoms with Gasteiger partial charge in [-0.3, -0.25) is 0 Å². The van der Waals surface area contributed by atoms with Gasteiger partial charge in [-0.2, -0.15) is 0 Å². The lowest BCUT2D eigenvalue weighted by atomic mass is 9.73. The van der Waals surface area contributed by atoms with Gasteiger partial charge >= 0.3 is 6.03 Å². The minimum Gasteiger partial charge on any atom is -0.392 e. The summed E-state index contributed by atoms with van der Waals surface area (Å²) in [6.45, 7) is 8.23. The van der Waals surface area contributed by atoms with Crippen molar-refractivity contribution in [3.63, 3.8) is 0 Å². The van der Waals surface area contributed by atoms with Crippen molar-refractivity contribution in [3.05, 3.63) is 0 Å². The summed E-state index contributed by atoms with van der Waals surface area (Å²) in [6, 6.07) is 0.216. The predicted molar refractivity (Wildman–Crippen MR) is 93.5 cm³/mol. The molecule has 134 valence electrons. The highest BCUT2D eigenvalue weighted by Crippen LogP contribution is 2.35. The van der Waals surface area contributed by atoms with E-state index >= 15 is 0 Å². The van der Waals surface area contributed by atoms with Crippen molar-refractivity contribution < 1.29 is 9.90 Å². The Morgan fingerprint density at radius 2 is 2.00 bits per heavy atom. The van der Waals surface area contributed by atoms with E-state index in [1.54, 1.807) is 0 Å². The molecule has 23 heavy (non-hydrogen) atoms. The fourth-order valence-electron chi connectivity index (χ4n) is 3.79. The SMILES string of the molecule is CCCCN1CCC(NC(=O)NCC2(C)CCCCC2O)CC1. The predicted octanol–water partition coefficient (Wildman–Crippen LogP) is 2.49. The van der Waals surface area contributed by atoms with Crippen LogP contribution in [0.2, 0.25) is 0 Å². The number of carbonyl (C=O) groups excluding carboxylic acids is 1. The first-order valence-electron chi connectivity index (χ1n) is 9.48. The summed E-state index contributed by atoms with van der Waals surface area (Å²) in [5.74, 6) is 0. The van der Waals surface area contributed by atoms with Crippen molar-refractivity contribution >= 4 is 6.03 Å². The quantitative estimate of drug-likeness (QED) is 0.703. The average Bonchev–Trinajstić information content (AvgIpc) is 2.55. The molecule has 1 aliphatic heterocycles. The minimum absolute atomic E-state index is 0.0731. The molecule has 2 fully saturated rings. The molecule has 1 heterocycles. The number of nitrogens with one attached hydrogen (secondary N) is 2. The smallest absolute Gasteiger partial charge is 0.315 e. The molecule has 0 spiro atoms. The van der Waals surface area contributed by atoms with Crippen LogP contribution in [-0.2, 0) is 0 Å². The number of likely N-dealkylation sites (tertiary alicyclic amines) is 1. The molecule has 5 heteroatoms. The summed E-state index contributed by atoms with van der Waals surface area (Å²) in [4.78, 5) is 14.6. The van der Waals surface area contributed by atoms with Crippen LogP contribution in [0.1, 0.15) is 65.2 Å². The molecule has 2 unspecified atom stereocenters. The van der Waals surface area contributed by atoms with Crippen molar-refractivity contribution in [1.82, 2.24) is 15.5 Å². The third kappa shape index (κ3) is 5.64. The van der Waals surface area contributed by atoms with Gasteiger partial charge in [-0.15, -0.1) is 0 Å². The van der Waals surface area contributed by atoms with E-state index in [9.17, 15) is 9.90 Å². The standard InChI is InChI=1S/C18H35N3O2/c1-3-4-11-21-12-8-15(9-13-21)20-17(23)19-14-18(2)10-6-5-7-16(18)22/h15-16,22H,3-14H2,1-2H3,(H2,19,20,23). The third-order valence-corrected chi connectivity index (χ3v) is 5.68. The summed E-state index contributed by atoms with van der Waals surface area (Å²) in [5.41, 5.74) is -0.168. The topological polar surface area (TPSA) is 64.6 Å². The van der Waals surface area contributed by atoms with E-state index in [0.29, 0.717) is 6.54 Å². The zero-order valence-corrected chi connectivity index (χ0v) is 14.9. The maximum Gasteiger partial charge on any atom is 0.315 e. The number of rotatable bonds is 6. The first-order chi connectivity index (χ1) is 11.0. The van der Waals surface area contributed by atoms with Crippen LogP contribution in [0.25, 0.3) is 0 Å². The zero-order valence-electron chi connectivity index (χ0n) is 14.9. The lowest BCUT2D eigenvalue weighted by molar-refractivity contribution is 0.00301. The number of aliphatic hydroxyl groups excluding tert-OH is 1. The number of unbranched alkanes of at least 4 members (excludes halogenated alkanes) is 1. The number of nitrogens with zero attached hydrogens (tertiary/aromatic N) is 1. The Labute approximate surface area is 141 Å². The number of amides is 2. The van der Waals surface area contributed by atoms with Crippen LogP contribution in [0.3, 0.4) is 0 Å². The van der Waals surface area contributed by atoms with Crippen molar-refractivity contribution in [2.75, 3.05) is 26.2 Å². The molecule has 5 nitrogen and oxygen atoms in total. The number of aliphatic hydroxyl groups is 1. The Kier molecular flexibility index (Phi) is 7.15. The molecule has 0 aromatic rings. The highest BCUT2D eigenvalue weighted by Gasteiger charge is 2.35. The lowest BCUT2D eigenvalue weighted by Gasteiger charge is -2.38. The minimum atomic E-state index is -0.293. The van der Waals surface area contributed by atoms with Crippen LogP contribution in [0.4, 0.5) is 4.79 Å². The Bertz CT molecular complexity index is 369. The Morgan fingerprint density at radius 1 is 1.26 bits per heavy atom. The Hall–Kier alpha value is -0.810. The highest BCUT2D eigenvalue weighted by molar-refractivity contribution is 5.74. The Balaban J connectivity index is 1.65. The van der Waals surface area contributed by atoms with E-state index in [4.69, 9.17) is 0 Å². The molecule has 1 saturated carbocycles. The van der Waals surface area contributed by atoms with Crippen LogP contribution in [0.15, 0.2) is 0 Å². The number of hydrogen-bond donors (Lipinski definition) is 3. The molecule has 2 aliphatic rings. The summed E-state index contributed by atoms with van der Waals surface area (Å²) >= 11 is 0. The van der Waals surface area contributed by atoms with Gasteiger partial charge in [-0.1, -0.05) is 33.1 Å². The van der Waals surface area contributed by atoms with E-state index in [1.165, 1.54) is 19.4 Å². The van der Waals surface area contributed by atoms with E-state index < -0.39 is 0 Å². The number of urea groups is 1. The fourth-order valence-corrected chi connectivity index (χ4v) is 3.79. The molecule has 0 aromatic carbocycles. The van der Waals surface area contributed by atoms with E-state index in [-0.39, 0.29) is 23.6 Å². The molecule has 2 rings (SSSR count). The van der Waals surface area contributed by atoms with Crippen LogP contribution >= 0.6 is 0 Å². The van der Waals surface area contributed by atoms with Crippen LogP contribution in [0.5, 0.6) is 0 Å². The molecular weight excluding hydrogens is 290 g/mol. The average molecular weight is 325 g/mol. The fraction of sp³-hybridized carbons (Fsp3) is 0.944. The third-order valence-electron chi connectivity index (χ3n) is 5.68. The van der Waals surface area contributed by atoms with Crippen LogP contribution < -0.4 is 10.6 Å². The second-order valence-corrected chi connectivity index (χ2v) is 7.71. The molecule has 1 aliphatic carbocycles. The van der Waals surface area contributed by atoms with Crippen molar-refractivity contribution in [2.45, 2.75) is 77.4 Å². The second kappa shape index (κ2) is 8.88. The summed E-state index contributed by atoms with van der Waals surface area (Å²) in [5, 5.41) is 16.3. The highest BCUT2D eigenvalue weighted by atomic mass is 16.3. The van der Waals surface area contributed by atoms with Gasteiger partial charge in [0.25, 0.3) is 0 Å². The largest absolute Gasteiger partial charge is 0.392 e. The van der Waals surface area contributed by atoms with Crippen molar-refractivity contribution in [1.29, 1.82) is 0 Å². The maximum absolute atomic E-state index is 12.1. The molecule has 1 saturated heterocycles. The van der Waals surface area contributed by atoms with E-state index in [1.807, 2.05) is 0 Å². The van der Waals surface area contributed by atoms with Gasteiger partial charge in [0, 0.05) is 31.1 Å². The van der Waals surface area contributed by atoms with Gasteiger partial charge < -0.3 is 20.6 Å². The van der Waals surface area contributed by atoms with Crippen molar-refractivity contribution in [2.24, 2.45) is 5.41 Å². The second-order valence-electron chi connectivity index (χ2n) is 7.71. The van der Waals surface area contributed by atoms with Crippen molar-refractivity contribution in [3.8, 4) is 0 Å². The van der Waals surface area contributed by atoms with Crippen LogP contribution in [-0.4, -0.2) is 54.4 Å². The number of carbonyl (C=O) groups is 1. The molecule has 2 atom stereocenters. The van der Waals surface area contributed by atoms with Gasteiger partial charge in [0.1, 0.15) is 0 Å². The maximum atomic E-state index is 12.1. The molecule has 2 amide bonds. The van der Waals surface area contributed by atoms with E-state index in [0.717, 1.165) is 51.6 Å². The lowest BCUT2D eigenvalue weighted by Crippen LogP contribution is -2.51. The number of piperidine rings is 1. The molecule has 0 aromatic heterocycles. The molecular formula is C18H35N3O2. The summed E-state index contributed by atoms with van der Waals surface area (Å²) in [7, 11) is 0. The summed E-state index contributed by atoms with van der Waals surface area (Å²) in [6.07, 6.45) is 8.38. The Morgan fingerprint density at radius 3 is 2.65 bits per heavy atom. The van der Waals surface area contributed by atoms with Gasteiger partial charge in [-0.05, 0) is 38.6 Å². The molecule has 3 N–H and O–H groups in total. The van der Waals surface area contributed by atoms with E-state index in [2.05, 4.69) is 29.4 Å². The molecule has 0 bridgehead atoms. The van der Waals surface area contributed by atoms with Crippen LogP contribution in [0, 0.1) is 5.41 Å². The first kappa shape index (κ1) is 18.5. The normalized spacial score (nSPS) is 30.1. The zero-order chi connectivity index (χ0) is 16.7. The number of hydrogen-bond acceptors (Lipinski definition) is 3. The van der Waals surface area contributed by atoms with Gasteiger partial charge in [0.05, 0.1) is 6.10 Å². The molecule has 0 radical (unpaired) electrons. The summed E-state index contributed by atoms with van der Waals surface area (Å²) < 4.78 is 0. The van der Waals surface area contributed by atoms with Gasteiger partial charge in [-0.25, -0.2) is 4.79 Å².